The van der Waals surface area contributed by atoms with Crippen molar-refractivity contribution in [2.75, 3.05) is 0 Å². The maximum atomic E-state index is 3.69. The zero-order valence-electron chi connectivity index (χ0n) is 29.2. The average molecular weight is 581 g/mol. The smallest absolute Gasteiger partial charge is 0.0393 e. The highest BCUT2D eigenvalue weighted by atomic mass is 14.2. The summed E-state index contributed by atoms with van der Waals surface area (Å²) in [4.78, 5) is 0. The van der Waals surface area contributed by atoms with Gasteiger partial charge in [0.1, 0.15) is 0 Å². The lowest BCUT2D eigenvalue weighted by molar-refractivity contribution is 0.590. The van der Waals surface area contributed by atoms with Crippen molar-refractivity contribution in [3.8, 4) is 0 Å². The third-order valence-corrected chi connectivity index (χ3v) is 8.47. The first-order chi connectivity index (χ1) is 20.3. The Morgan fingerprint density at radius 3 is 0.591 bits per heavy atom. The Kier molecular flexibility index (Phi) is 9.24. The van der Waals surface area contributed by atoms with Crippen LogP contribution in [0.4, 0.5) is 0 Å². The maximum absolute atomic E-state index is 3.69. The molecule has 0 saturated carbocycles. The molecule has 0 amide bonds. The van der Waals surface area contributed by atoms with Gasteiger partial charge in [-0.1, -0.05) is 192 Å². The average Bonchev–Trinajstić information content (AvgIpc) is 2.94. The van der Waals surface area contributed by atoms with Crippen LogP contribution in [0, 0.1) is 0 Å². The first kappa shape index (κ1) is 33.1. The van der Waals surface area contributed by atoms with E-state index in [1.807, 2.05) is 0 Å². The van der Waals surface area contributed by atoms with Crippen LogP contribution in [0.25, 0.3) is 11.1 Å². The van der Waals surface area contributed by atoms with E-state index >= 15 is 0 Å². The fourth-order valence-electron chi connectivity index (χ4n) is 5.29. The van der Waals surface area contributed by atoms with Gasteiger partial charge in [-0.05, 0) is 66.2 Å². The number of hydrogen-bond acceptors (Lipinski definition) is 0. The fraction of sp³-hybridized carbons (Fsp3) is 0.364. The number of benzene rings is 4. The lowest BCUT2D eigenvalue weighted by atomic mass is 9.84. The highest BCUT2D eigenvalue weighted by molar-refractivity contribution is 5.83. The van der Waals surface area contributed by atoms with E-state index in [4.69, 9.17) is 0 Å². The highest BCUT2D eigenvalue weighted by Crippen LogP contribution is 2.32. The summed E-state index contributed by atoms with van der Waals surface area (Å²) < 4.78 is 0. The van der Waals surface area contributed by atoms with E-state index in [1.165, 1.54) is 22.3 Å². The van der Waals surface area contributed by atoms with Gasteiger partial charge in [-0.25, -0.2) is 0 Å². The van der Waals surface area contributed by atoms with Crippen LogP contribution in [0.1, 0.15) is 128 Å². The second-order valence-corrected chi connectivity index (χ2v) is 16.3. The summed E-state index contributed by atoms with van der Waals surface area (Å²) in [6.07, 6.45) is 0. The fourth-order valence-corrected chi connectivity index (χ4v) is 5.29. The van der Waals surface area contributed by atoms with Crippen molar-refractivity contribution in [3.63, 3.8) is 0 Å². The molecule has 4 rings (SSSR count). The second kappa shape index (κ2) is 12.3. The van der Waals surface area contributed by atoms with Crippen molar-refractivity contribution in [2.24, 2.45) is 0 Å². The summed E-state index contributed by atoms with van der Waals surface area (Å²) in [6, 6.07) is 35.9. The molecule has 0 bridgehead atoms. The maximum Gasteiger partial charge on any atom is 0.0393 e. The van der Waals surface area contributed by atoms with Gasteiger partial charge >= 0.3 is 0 Å². The van der Waals surface area contributed by atoms with E-state index in [2.05, 4.69) is 192 Å². The van der Waals surface area contributed by atoms with Crippen LogP contribution in [0.3, 0.4) is 0 Å². The molecule has 0 aromatic heterocycles. The molecule has 0 heterocycles. The minimum absolute atomic E-state index is 0.0953. The molecule has 0 N–H and O–H groups in total. The number of hydrogen-bond donors (Lipinski definition) is 0. The quantitative estimate of drug-likeness (QED) is 0.211. The van der Waals surface area contributed by atoms with Crippen molar-refractivity contribution in [1.29, 1.82) is 0 Å². The SMILES string of the molecule is CC(C)(C)c1ccc(C(=C=C=C(c2ccc(C(C)(C)C)cc2)c2ccc(C(C)(C)C)cc2)c2ccc(C(C)(C)C)cc2)cc1. The molecule has 0 aliphatic carbocycles. The van der Waals surface area contributed by atoms with Crippen molar-refractivity contribution in [3.05, 3.63) is 153 Å². The summed E-state index contributed by atoms with van der Waals surface area (Å²) >= 11 is 0. The van der Waals surface area contributed by atoms with Crippen LogP contribution < -0.4 is 0 Å². The molecule has 0 unspecified atom stereocenters. The monoisotopic (exact) mass is 580 g/mol. The predicted octanol–water partition coefficient (Wildman–Crippen LogP) is 12.2. The van der Waals surface area contributed by atoms with Crippen LogP contribution >= 0.6 is 0 Å². The Morgan fingerprint density at radius 2 is 0.455 bits per heavy atom. The third-order valence-electron chi connectivity index (χ3n) is 8.47. The topological polar surface area (TPSA) is 0 Å². The Hall–Kier alpha value is -3.82. The zero-order chi connectivity index (χ0) is 32.5. The largest absolute Gasteiger partial charge is 0.0603 e. The van der Waals surface area contributed by atoms with Gasteiger partial charge in [0.2, 0.25) is 0 Å². The summed E-state index contributed by atoms with van der Waals surface area (Å²) in [6.45, 7) is 27.1. The first-order valence-electron chi connectivity index (χ1n) is 16.0. The van der Waals surface area contributed by atoms with Gasteiger partial charge in [0.25, 0.3) is 0 Å². The molecular weight excluding hydrogens is 528 g/mol. The molecule has 228 valence electrons. The second-order valence-electron chi connectivity index (χ2n) is 16.3. The standard InChI is InChI=1S/C44H52/c1-41(2,3)35-21-13-31(14-22-35)39(32-15-23-36(24-16-32)42(4,5)6)29-30-40(33-17-25-37(26-18-33)43(7,8)9)34-19-27-38(28-20-34)44(10,11)12/h13-28H,1-12H3. The Bertz CT molecular complexity index is 1410. The van der Waals surface area contributed by atoms with E-state index in [1.54, 1.807) is 0 Å². The van der Waals surface area contributed by atoms with E-state index in [9.17, 15) is 0 Å². The zero-order valence-corrected chi connectivity index (χ0v) is 29.2. The Labute approximate surface area is 268 Å². The molecule has 0 nitrogen and oxygen atoms in total. The lowest BCUT2D eigenvalue weighted by Gasteiger charge is -2.20. The van der Waals surface area contributed by atoms with Crippen molar-refractivity contribution in [1.82, 2.24) is 0 Å². The highest BCUT2D eigenvalue weighted by Gasteiger charge is 2.18. The summed E-state index contributed by atoms with van der Waals surface area (Å²) in [5, 5.41) is 0. The third kappa shape index (κ3) is 8.01. The van der Waals surface area contributed by atoms with E-state index < -0.39 is 0 Å². The van der Waals surface area contributed by atoms with Gasteiger partial charge in [0, 0.05) is 11.1 Å². The molecule has 0 aliphatic heterocycles. The summed E-state index contributed by atoms with van der Waals surface area (Å²) in [5.41, 5.74) is 19.7. The van der Waals surface area contributed by atoms with E-state index in [0.717, 1.165) is 33.4 Å². The first-order valence-corrected chi connectivity index (χ1v) is 16.0. The molecule has 0 atom stereocenters. The van der Waals surface area contributed by atoms with Crippen molar-refractivity contribution in [2.45, 2.75) is 105 Å². The molecule has 0 fully saturated rings. The van der Waals surface area contributed by atoms with Crippen LogP contribution in [0.2, 0.25) is 0 Å². The van der Waals surface area contributed by atoms with Crippen LogP contribution in [-0.4, -0.2) is 0 Å². The molecule has 0 heteroatoms. The Morgan fingerprint density at radius 1 is 0.295 bits per heavy atom. The summed E-state index contributed by atoms with van der Waals surface area (Å²) in [7, 11) is 0. The molecule has 44 heavy (non-hydrogen) atoms. The van der Waals surface area contributed by atoms with Gasteiger partial charge < -0.3 is 0 Å². The number of rotatable bonds is 4. The predicted molar refractivity (Wildman–Crippen MR) is 193 cm³/mol. The van der Waals surface area contributed by atoms with Gasteiger partial charge in [0.05, 0.1) is 0 Å². The van der Waals surface area contributed by atoms with Crippen LogP contribution in [0.15, 0.2) is 109 Å². The molecule has 4 aromatic rings. The lowest BCUT2D eigenvalue weighted by Crippen LogP contribution is -2.11. The van der Waals surface area contributed by atoms with Gasteiger partial charge in [0.15, 0.2) is 0 Å². The van der Waals surface area contributed by atoms with E-state index in [-0.39, 0.29) is 21.7 Å². The molecule has 0 saturated heterocycles. The molecule has 4 aromatic carbocycles. The normalized spacial score (nSPS) is 12.4. The van der Waals surface area contributed by atoms with Crippen LogP contribution in [0.5, 0.6) is 0 Å². The minimum atomic E-state index is 0.0953. The molecule has 0 spiro atoms. The molecule has 0 radical (unpaired) electrons. The summed E-state index contributed by atoms with van der Waals surface area (Å²) in [5.74, 6) is 0. The Balaban J connectivity index is 2.01. The van der Waals surface area contributed by atoms with Gasteiger partial charge in [-0.2, -0.15) is 0 Å². The van der Waals surface area contributed by atoms with Crippen LogP contribution in [-0.2, 0) is 21.7 Å². The van der Waals surface area contributed by atoms with Gasteiger partial charge in [-0.3, -0.25) is 0 Å². The minimum Gasteiger partial charge on any atom is -0.0603 e. The molecule has 0 aliphatic rings. The van der Waals surface area contributed by atoms with Crippen molar-refractivity contribution >= 4 is 11.1 Å². The van der Waals surface area contributed by atoms with E-state index in [0.29, 0.717) is 0 Å². The molecular formula is C44H52. The van der Waals surface area contributed by atoms with Gasteiger partial charge in [-0.15, -0.1) is 0 Å². The van der Waals surface area contributed by atoms with Crippen molar-refractivity contribution < 1.29 is 0 Å².